The van der Waals surface area contributed by atoms with Gasteiger partial charge in [-0.2, -0.15) is 0 Å². The average molecular weight is 231 g/mol. The molecule has 1 heterocycles. The van der Waals surface area contributed by atoms with Crippen LogP contribution in [-0.2, 0) is 0 Å². The number of benzene rings is 1. The molecule has 1 aromatic carbocycles. The number of aromatic nitrogens is 1. The van der Waals surface area contributed by atoms with Crippen LogP contribution in [0.25, 0.3) is 0 Å². The van der Waals surface area contributed by atoms with Crippen LogP contribution in [0.5, 0.6) is 0 Å². The van der Waals surface area contributed by atoms with Gasteiger partial charge in [0.25, 0.3) is 0 Å². The van der Waals surface area contributed by atoms with Crippen molar-refractivity contribution in [3.05, 3.63) is 65.2 Å². The van der Waals surface area contributed by atoms with Crippen molar-refractivity contribution in [1.29, 1.82) is 0 Å². The number of nitrogens with one attached hydrogen (secondary N) is 1. The topological polar surface area (TPSA) is 50.9 Å². The van der Waals surface area contributed by atoms with Gasteiger partial charge in [-0.15, -0.1) is 0 Å². The highest BCUT2D eigenvalue weighted by molar-refractivity contribution is 5.32. The third kappa shape index (κ3) is 2.49. The second-order valence-corrected chi connectivity index (χ2v) is 3.89. The summed E-state index contributed by atoms with van der Waals surface area (Å²) in [4.78, 5) is 4.03. The minimum Gasteiger partial charge on any atom is -0.271 e. The number of hydrogen-bond donors (Lipinski definition) is 2. The second kappa shape index (κ2) is 5.03. The van der Waals surface area contributed by atoms with Crippen molar-refractivity contribution < 1.29 is 4.39 Å². The average Bonchev–Trinajstić information content (AvgIpc) is 2.36. The van der Waals surface area contributed by atoms with Crippen molar-refractivity contribution in [3.8, 4) is 0 Å². The highest BCUT2D eigenvalue weighted by Gasteiger charge is 2.13. The van der Waals surface area contributed by atoms with Gasteiger partial charge in [-0.05, 0) is 35.7 Å². The molecule has 0 bridgehead atoms. The summed E-state index contributed by atoms with van der Waals surface area (Å²) in [6.07, 6.45) is 3.40. The first kappa shape index (κ1) is 11.7. The predicted octanol–water partition coefficient (Wildman–Crippen LogP) is 2.08. The fraction of sp³-hybridized carbons (Fsp3) is 0.154. The molecular formula is C13H14FN3. The van der Waals surface area contributed by atoms with Crippen molar-refractivity contribution in [2.45, 2.75) is 13.0 Å². The zero-order chi connectivity index (χ0) is 12.3. The maximum atomic E-state index is 13.5. The fourth-order valence-electron chi connectivity index (χ4n) is 1.72. The van der Waals surface area contributed by atoms with Crippen LogP contribution in [-0.4, -0.2) is 4.98 Å². The summed E-state index contributed by atoms with van der Waals surface area (Å²) in [5, 5.41) is 0. The maximum absolute atomic E-state index is 13.5. The Morgan fingerprint density at radius 2 is 2.12 bits per heavy atom. The Labute approximate surface area is 99.5 Å². The molecule has 3 N–H and O–H groups in total. The molecular weight excluding hydrogens is 217 g/mol. The second-order valence-electron chi connectivity index (χ2n) is 3.89. The summed E-state index contributed by atoms with van der Waals surface area (Å²) in [7, 11) is 0. The Hall–Kier alpha value is -1.78. The normalized spacial score (nSPS) is 12.4. The van der Waals surface area contributed by atoms with E-state index in [1.807, 2.05) is 18.2 Å². The van der Waals surface area contributed by atoms with Gasteiger partial charge in [0.05, 0.1) is 6.04 Å². The van der Waals surface area contributed by atoms with E-state index in [0.717, 1.165) is 11.1 Å². The van der Waals surface area contributed by atoms with E-state index < -0.39 is 0 Å². The van der Waals surface area contributed by atoms with Gasteiger partial charge in [0, 0.05) is 12.4 Å². The number of aryl methyl sites for hydroxylation is 1. The van der Waals surface area contributed by atoms with Gasteiger partial charge in [-0.1, -0.05) is 18.2 Å². The smallest absolute Gasteiger partial charge is 0.126 e. The summed E-state index contributed by atoms with van der Waals surface area (Å²) >= 11 is 0. The van der Waals surface area contributed by atoms with Crippen LogP contribution in [0.2, 0.25) is 0 Å². The number of rotatable bonds is 3. The van der Waals surface area contributed by atoms with Crippen LogP contribution in [0, 0.1) is 12.7 Å². The molecule has 1 aromatic heterocycles. The number of hydrazine groups is 1. The Balaban J connectivity index is 2.39. The van der Waals surface area contributed by atoms with E-state index in [4.69, 9.17) is 5.84 Å². The monoisotopic (exact) mass is 231 g/mol. The van der Waals surface area contributed by atoms with Crippen LogP contribution in [0.1, 0.15) is 22.7 Å². The van der Waals surface area contributed by atoms with Crippen LogP contribution in [0.15, 0.2) is 42.7 Å². The van der Waals surface area contributed by atoms with Crippen LogP contribution >= 0.6 is 0 Å². The number of nitrogens with two attached hydrogens (primary N) is 1. The molecule has 2 rings (SSSR count). The summed E-state index contributed by atoms with van der Waals surface area (Å²) in [5.41, 5.74) is 4.98. The molecule has 88 valence electrons. The van der Waals surface area contributed by atoms with Crippen molar-refractivity contribution in [2.24, 2.45) is 5.84 Å². The molecule has 1 unspecified atom stereocenters. The summed E-state index contributed by atoms with van der Waals surface area (Å²) < 4.78 is 13.5. The van der Waals surface area contributed by atoms with Crippen LogP contribution in [0.4, 0.5) is 4.39 Å². The molecule has 0 spiro atoms. The lowest BCUT2D eigenvalue weighted by molar-refractivity contribution is 0.598. The SMILES string of the molecule is Cc1ccc(C(NN)c2cccnc2)cc1F. The number of pyridine rings is 1. The molecule has 0 saturated heterocycles. The minimum absolute atomic E-state index is 0.230. The summed E-state index contributed by atoms with van der Waals surface area (Å²) in [5.74, 6) is 5.29. The fourth-order valence-corrected chi connectivity index (χ4v) is 1.72. The van der Waals surface area contributed by atoms with Crippen molar-refractivity contribution in [2.75, 3.05) is 0 Å². The van der Waals surface area contributed by atoms with Gasteiger partial charge in [0.1, 0.15) is 5.82 Å². The molecule has 0 aliphatic heterocycles. The van der Waals surface area contributed by atoms with Gasteiger partial charge in [0.2, 0.25) is 0 Å². The quantitative estimate of drug-likeness (QED) is 0.628. The van der Waals surface area contributed by atoms with E-state index in [1.165, 1.54) is 6.07 Å². The lowest BCUT2D eigenvalue weighted by Gasteiger charge is -2.16. The van der Waals surface area contributed by atoms with E-state index in [0.29, 0.717) is 5.56 Å². The van der Waals surface area contributed by atoms with Crippen molar-refractivity contribution in [1.82, 2.24) is 10.4 Å². The first-order valence-electron chi connectivity index (χ1n) is 5.34. The predicted molar refractivity (Wildman–Crippen MR) is 64.5 cm³/mol. The molecule has 17 heavy (non-hydrogen) atoms. The highest BCUT2D eigenvalue weighted by atomic mass is 19.1. The van der Waals surface area contributed by atoms with E-state index in [-0.39, 0.29) is 11.9 Å². The molecule has 2 aromatic rings. The zero-order valence-corrected chi connectivity index (χ0v) is 9.52. The molecule has 1 atom stereocenters. The Morgan fingerprint density at radius 1 is 1.29 bits per heavy atom. The first-order chi connectivity index (χ1) is 8.22. The lowest BCUT2D eigenvalue weighted by atomic mass is 9.99. The number of hydrogen-bond acceptors (Lipinski definition) is 3. The molecule has 3 nitrogen and oxygen atoms in total. The lowest BCUT2D eigenvalue weighted by Crippen LogP contribution is -2.29. The molecule has 0 radical (unpaired) electrons. The zero-order valence-electron chi connectivity index (χ0n) is 9.52. The van der Waals surface area contributed by atoms with Crippen LogP contribution in [0.3, 0.4) is 0 Å². The summed E-state index contributed by atoms with van der Waals surface area (Å²) in [6.45, 7) is 1.73. The molecule has 0 saturated carbocycles. The van der Waals surface area contributed by atoms with Gasteiger partial charge in [0.15, 0.2) is 0 Å². The standard InChI is InChI=1S/C13H14FN3/c1-9-4-5-10(7-12(9)14)13(17-15)11-3-2-6-16-8-11/h2-8,13,17H,15H2,1H3. The molecule has 0 aliphatic carbocycles. The maximum Gasteiger partial charge on any atom is 0.126 e. The first-order valence-corrected chi connectivity index (χ1v) is 5.34. The third-order valence-electron chi connectivity index (χ3n) is 2.71. The third-order valence-corrected chi connectivity index (χ3v) is 2.71. The van der Waals surface area contributed by atoms with E-state index in [1.54, 1.807) is 25.4 Å². The van der Waals surface area contributed by atoms with E-state index in [2.05, 4.69) is 10.4 Å². The van der Waals surface area contributed by atoms with Crippen molar-refractivity contribution >= 4 is 0 Å². The largest absolute Gasteiger partial charge is 0.271 e. The molecule has 4 heteroatoms. The Kier molecular flexibility index (Phi) is 3.46. The highest BCUT2D eigenvalue weighted by Crippen LogP contribution is 2.22. The molecule has 0 fully saturated rings. The number of halogens is 1. The van der Waals surface area contributed by atoms with Gasteiger partial charge >= 0.3 is 0 Å². The van der Waals surface area contributed by atoms with Gasteiger partial charge in [-0.3, -0.25) is 10.8 Å². The van der Waals surface area contributed by atoms with E-state index in [9.17, 15) is 4.39 Å². The van der Waals surface area contributed by atoms with Crippen LogP contribution < -0.4 is 11.3 Å². The minimum atomic E-state index is -0.251. The molecule has 0 amide bonds. The van der Waals surface area contributed by atoms with E-state index >= 15 is 0 Å². The Morgan fingerprint density at radius 3 is 2.71 bits per heavy atom. The summed E-state index contributed by atoms with van der Waals surface area (Å²) in [6, 6.07) is 8.56. The van der Waals surface area contributed by atoms with Gasteiger partial charge in [-0.25, -0.2) is 9.82 Å². The molecule has 0 aliphatic rings. The number of nitrogens with zero attached hydrogens (tertiary/aromatic N) is 1. The Bertz CT molecular complexity index is 499. The van der Waals surface area contributed by atoms with Gasteiger partial charge < -0.3 is 0 Å². The van der Waals surface area contributed by atoms with Crippen molar-refractivity contribution in [3.63, 3.8) is 0 Å².